The highest BCUT2D eigenvalue weighted by atomic mass is 32.2. The lowest BCUT2D eigenvalue weighted by Gasteiger charge is -2.33. The van der Waals surface area contributed by atoms with E-state index in [-0.39, 0.29) is 55.6 Å². The first-order valence-corrected chi connectivity index (χ1v) is 22.0. The molecule has 310 valence electrons. The van der Waals surface area contributed by atoms with Gasteiger partial charge in [-0.1, -0.05) is 43.7 Å². The van der Waals surface area contributed by atoms with Crippen LogP contribution in [-0.2, 0) is 38.1 Å². The number of rotatable bonds is 20. The van der Waals surface area contributed by atoms with Crippen molar-refractivity contribution in [1.29, 1.82) is 0 Å². The van der Waals surface area contributed by atoms with Gasteiger partial charge in [-0.25, -0.2) is 22.6 Å². The summed E-state index contributed by atoms with van der Waals surface area (Å²) in [6.07, 6.45) is -1.10. The van der Waals surface area contributed by atoms with Gasteiger partial charge in [-0.3, -0.25) is 9.42 Å². The molecular weight excluding hydrogens is 769 g/mol. The summed E-state index contributed by atoms with van der Waals surface area (Å²) in [6.45, 7) is 6.79. The Kier molecular flexibility index (Phi) is 15.4. The van der Waals surface area contributed by atoms with Crippen LogP contribution >= 0.6 is 7.60 Å². The molecule has 56 heavy (non-hydrogen) atoms. The van der Waals surface area contributed by atoms with Crippen LogP contribution in [0, 0.1) is 11.8 Å². The second kappa shape index (κ2) is 19.7. The van der Waals surface area contributed by atoms with Gasteiger partial charge < -0.3 is 39.0 Å². The number of ether oxygens (including phenoxy) is 4. The molecule has 0 bridgehead atoms. The predicted octanol–water partition coefficient (Wildman–Crippen LogP) is 4.34. The standard InChI is InChI=1S/C38H54N3O13PS/c1-26(2)23-41(56(47,48)31-12-10-29(49-4)11-13-31)24-34(42)33(39-38(45)52-35-25-51-37-32(35)16-20-50-37)22-28-14-17-40(18-15-28)19-21-55(46,53-27(3)36(43)44)54-30-8-6-5-7-9-30/h5-14,26-27,32-35,37,42H,15-25H2,1-4H3,(H,39,45)(H,43,44)/t27-,32+,33+,34-,35+,37-,55?/m1/s1. The molecular formula is C38H54N3O13PS. The average molecular weight is 824 g/mol. The SMILES string of the molecule is COc1ccc(S(=O)(=O)N(CC(C)C)C[C@@H](O)[C@H](CC2=CCN(CCP(=O)(Oc3ccccc3)O[C@H](C)C(=O)O)CC2)NC(=O)O[C@H]2CO[C@H]3OCC[C@H]32)cc1. The fourth-order valence-corrected chi connectivity index (χ4v) is 10.2. The molecule has 5 rings (SSSR count). The average Bonchev–Trinajstić information content (AvgIpc) is 3.79. The third kappa shape index (κ3) is 12.0. The van der Waals surface area contributed by atoms with Crippen LogP contribution in [0.15, 0.2) is 71.1 Å². The third-order valence-electron chi connectivity index (χ3n) is 9.88. The van der Waals surface area contributed by atoms with Crippen molar-refractivity contribution in [2.24, 2.45) is 11.8 Å². The Bertz CT molecular complexity index is 1800. The van der Waals surface area contributed by atoms with Gasteiger partial charge in [0.05, 0.1) is 49.4 Å². The van der Waals surface area contributed by atoms with Gasteiger partial charge in [-0.05, 0) is 68.5 Å². The first-order chi connectivity index (χ1) is 26.7. The molecule has 7 atom stereocenters. The van der Waals surface area contributed by atoms with Crippen LogP contribution in [-0.4, -0.2) is 130 Å². The number of para-hydroxylation sites is 1. The van der Waals surface area contributed by atoms with E-state index < -0.39 is 60.3 Å². The number of nitrogens with one attached hydrogen (secondary N) is 1. The number of carbonyl (C=O) groups is 2. The Morgan fingerprint density at radius 1 is 1.05 bits per heavy atom. The van der Waals surface area contributed by atoms with E-state index >= 15 is 0 Å². The summed E-state index contributed by atoms with van der Waals surface area (Å²) < 4.78 is 76.1. The van der Waals surface area contributed by atoms with Crippen LogP contribution in [0.2, 0.25) is 0 Å². The normalized spacial score (nSPS) is 22.8. The fraction of sp³-hybridized carbons (Fsp3) is 0.579. The summed E-state index contributed by atoms with van der Waals surface area (Å²) in [6, 6.07) is 13.5. The van der Waals surface area contributed by atoms with Crippen LogP contribution in [0.4, 0.5) is 4.79 Å². The number of carboxylic acid groups (broad SMARTS) is 1. The molecule has 0 spiro atoms. The number of methoxy groups -OCH3 is 1. The van der Waals surface area contributed by atoms with Gasteiger partial charge in [0, 0.05) is 32.7 Å². The van der Waals surface area contributed by atoms with Crippen molar-refractivity contribution in [3.63, 3.8) is 0 Å². The summed E-state index contributed by atoms with van der Waals surface area (Å²) in [5, 5.41) is 24.0. The van der Waals surface area contributed by atoms with E-state index in [4.69, 9.17) is 28.0 Å². The third-order valence-corrected chi connectivity index (χ3v) is 13.6. The lowest BCUT2D eigenvalue weighted by molar-refractivity contribution is -0.144. The van der Waals surface area contributed by atoms with Gasteiger partial charge in [0.25, 0.3) is 0 Å². The van der Waals surface area contributed by atoms with Crippen LogP contribution in [0.25, 0.3) is 0 Å². The smallest absolute Gasteiger partial charge is 0.407 e. The Balaban J connectivity index is 1.28. The summed E-state index contributed by atoms with van der Waals surface area (Å²) in [5.41, 5.74) is 0.909. The number of aliphatic carboxylic acids is 1. The molecule has 0 aliphatic carbocycles. The molecule has 2 aromatic rings. The van der Waals surface area contributed by atoms with Crippen molar-refractivity contribution in [2.45, 2.75) is 75.6 Å². The Morgan fingerprint density at radius 2 is 1.79 bits per heavy atom. The number of benzene rings is 2. The van der Waals surface area contributed by atoms with Gasteiger partial charge >= 0.3 is 19.7 Å². The Labute approximate surface area is 328 Å². The zero-order chi connectivity index (χ0) is 40.5. The molecule has 3 N–H and O–H groups in total. The summed E-state index contributed by atoms with van der Waals surface area (Å²) in [7, 11) is -6.45. The minimum Gasteiger partial charge on any atom is -0.497 e. The van der Waals surface area contributed by atoms with E-state index in [1.807, 2.05) is 24.8 Å². The van der Waals surface area contributed by atoms with Gasteiger partial charge in [-0.15, -0.1) is 0 Å². The largest absolute Gasteiger partial charge is 0.497 e. The lowest BCUT2D eigenvalue weighted by Crippen LogP contribution is -2.51. The number of amides is 1. The van der Waals surface area contributed by atoms with Crippen molar-refractivity contribution < 1.29 is 60.8 Å². The molecule has 16 nitrogen and oxygen atoms in total. The quantitative estimate of drug-likeness (QED) is 0.126. The number of hydrogen-bond donors (Lipinski definition) is 3. The van der Waals surface area contributed by atoms with Crippen molar-refractivity contribution in [2.75, 3.05) is 59.2 Å². The lowest BCUT2D eigenvalue weighted by atomic mass is 9.96. The van der Waals surface area contributed by atoms with E-state index in [0.717, 1.165) is 5.57 Å². The maximum atomic E-state index is 13.9. The number of nitrogens with zero attached hydrogens (tertiary/aromatic N) is 2. The van der Waals surface area contributed by atoms with E-state index in [1.165, 1.54) is 30.5 Å². The summed E-state index contributed by atoms with van der Waals surface area (Å²) >= 11 is 0. The van der Waals surface area contributed by atoms with Crippen molar-refractivity contribution in [1.82, 2.24) is 14.5 Å². The van der Waals surface area contributed by atoms with Gasteiger partial charge in [-0.2, -0.15) is 4.31 Å². The van der Waals surface area contributed by atoms with Crippen LogP contribution < -0.4 is 14.6 Å². The van der Waals surface area contributed by atoms with Gasteiger partial charge in [0.2, 0.25) is 10.0 Å². The zero-order valence-corrected chi connectivity index (χ0v) is 33.9. The second-order valence-corrected chi connectivity index (χ2v) is 18.6. The molecule has 2 aromatic carbocycles. The zero-order valence-electron chi connectivity index (χ0n) is 32.2. The van der Waals surface area contributed by atoms with Crippen molar-refractivity contribution in [3.05, 3.63) is 66.2 Å². The van der Waals surface area contributed by atoms with E-state index in [2.05, 4.69) is 5.32 Å². The molecule has 1 amide bonds. The van der Waals surface area contributed by atoms with Crippen LogP contribution in [0.5, 0.6) is 11.5 Å². The van der Waals surface area contributed by atoms with Crippen molar-refractivity contribution in [3.8, 4) is 11.5 Å². The highest BCUT2D eigenvalue weighted by Crippen LogP contribution is 2.49. The first-order valence-electron chi connectivity index (χ1n) is 18.8. The number of hydrogen-bond acceptors (Lipinski definition) is 13. The summed E-state index contributed by atoms with van der Waals surface area (Å²) in [4.78, 5) is 26.9. The Morgan fingerprint density at radius 3 is 2.43 bits per heavy atom. The maximum absolute atomic E-state index is 13.9. The number of sulfonamides is 1. The summed E-state index contributed by atoms with van der Waals surface area (Å²) in [5.74, 6) is -0.640. The van der Waals surface area contributed by atoms with E-state index in [1.54, 1.807) is 42.5 Å². The molecule has 3 heterocycles. The molecule has 18 heteroatoms. The second-order valence-electron chi connectivity index (χ2n) is 14.6. The highest BCUT2D eigenvalue weighted by molar-refractivity contribution is 7.89. The minimum atomic E-state index is -4.05. The monoisotopic (exact) mass is 823 g/mol. The highest BCUT2D eigenvalue weighted by Gasteiger charge is 2.44. The van der Waals surface area contributed by atoms with Gasteiger partial charge in [0.15, 0.2) is 12.4 Å². The molecule has 3 aliphatic heterocycles. The van der Waals surface area contributed by atoms with Crippen molar-refractivity contribution >= 4 is 29.7 Å². The predicted molar refractivity (Wildman–Crippen MR) is 205 cm³/mol. The molecule has 0 radical (unpaired) electrons. The molecule has 3 aliphatic rings. The first kappa shape index (κ1) is 43.6. The number of aliphatic hydroxyl groups is 1. The van der Waals surface area contributed by atoms with E-state index in [0.29, 0.717) is 44.0 Å². The molecule has 0 aromatic heterocycles. The molecule has 2 fully saturated rings. The number of fused-ring (bicyclic) bond motifs is 1. The topological polar surface area (TPSA) is 200 Å². The van der Waals surface area contributed by atoms with Gasteiger partial charge in [0.1, 0.15) is 17.6 Å². The Hall–Kier alpha value is -3.54. The fourth-order valence-electron chi connectivity index (χ4n) is 6.80. The maximum Gasteiger partial charge on any atom is 0.407 e. The van der Waals surface area contributed by atoms with E-state index in [9.17, 15) is 32.8 Å². The number of alkyl carbamates (subject to hydrolysis) is 1. The molecule has 2 saturated heterocycles. The van der Waals surface area contributed by atoms with Crippen LogP contribution in [0.1, 0.15) is 40.0 Å². The minimum absolute atomic E-state index is 0.0428. The number of carbonyl (C=O) groups excluding carboxylic acids is 1. The number of carboxylic acids is 1. The van der Waals surface area contributed by atoms with Crippen LogP contribution in [0.3, 0.4) is 0 Å². The molecule has 0 saturated carbocycles. The number of aliphatic hydroxyl groups excluding tert-OH is 1. The molecule has 1 unspecified atom stereocenters.